The molecule has 2 fully saturated rings. The third-order valence-electron chi connectivity index (χ3n) is 3.78. The zero-order chi connectivity index (χ0) is 13.4. The van der Waals surface area contributed by atoms with Gasteiger partial charge < -0.3 is 9.64 Å². The number of ether oxygens (including phenoxy) is 1. The van der Waals surface area contributed by atoms with Gasteiger partial charge in [-0.05, 0) is 52.9 Å². The van der Waals surface area contributed by atoms with Crippen LogP contribution in [0.3, 0.4) is 0 Å². The third kappa shape index (κ3) is 2.60. The molecule has 100 valence electrons. The van der Waals surface area contributed by atoms with E-state index < -0.39 is 5.60 Å². The highest BCUT2D eigenvalue weighted by Crippen LogP contribution is 2.52. The van der Waals surface area contributed by atoms with Crippen LogP contribution in [0.15, 0.2) is 0 Å². The number of hydrogen-bond donors (Lipinski definition) is 0. The minimum absolute atomic E-state index is 0.0612. The summed E-state index contributed by atoms with van der Waals surface area (Å²) >= 11 is 0. The van der Waals surface area contributed by atoms with Crippen LogP contribution in [-0.2, 0) is 4.74 Å². The van der Waals surface area contributed by atoms with Gasteiger partial charge in [-0.1, -0.05) is 0 Å². The second-order valence-corrected chi connectivity index (χ2v) is 6.45. The molecule has 1 aliphatic heterocycles. The molecular formula is C14H22N2O2. The van der Waals surface area contributed by atoms with E-state index in [0.29, 0.717) is 0 Å². The van der Waals surface area contributed by atoms with Gasteiger partial charge in [-0.2, -0.15) is 5.26 Å². The number of carbonyl (C=O) groups is 1. The van der Waals surface area contributed by atoms with Crippen molar-refractivity contribution in [1.29, 1.82) is 5.26 Å². The van der Waals surface area contributed by atoms with Gasteiger partial charge >= 0.3 is 6.09 Å². The molecule has 1 saturated carbocycles. The zero-order valence-electron chi connectivity index (χ0n) is 11.5. The summed E-state index contributed by atoms with van der Waals surface area (Å²) in [7, 11) is 0. The van der Waals surface area contributed by atoms with Gasteiger partial charge in [0.1, 0.15) is 5.60 Å². The van der Waals surface area contributed by atoms with Crippen LogP contribution in [0, 0.1) is 16.7 Å². The number of hydrogen-bond acceptors (Lipinski definition) is 3. The lowest BCUT2D eigenvalue weighted by molar-refractivity contribution is 0.00303. The van der Waals surface area contributed by atoms with E-state index in [1.807, 2.05) is 20.8 Å². The predicted octanol–water partition coefficient (Wildman–Crippen LogP) is 3.08. The number of piperidine rings is 1. The van der Waals surface area contributed by atoms with Gasteiger partial charge in [0.05, 0.1) is 17.5 Å². The average Bonchev–Trinajstić information content (AvgIpc) is 3.07. The van der Waals surface area contributed by atoms with Gasteiger partial charge in [-0.3, -0.25) is 0 Å². The van der Waals surface area contributed by atoms with Gasteiger partial charge in [-0.15, -0.1) is 0 Å². The van der Waals surface area contributed by atoms with Crippen molar-refractivity contribution >= 4 is 6.09 Å². The molecule has 1 saturated heterocycles. The van der Waals surface area contributed by atoms with Gasteiger partial charge in [0, 0.05) is 6.54 Å². The van der Waals surface area contributed by atoms with Crippen LogP contribution in [0.5, 0.6) is 0 Å². The molecule has 2 aliphatic rings. The van der Waals surface area contributed by atoms with E-state index >= 15 is 0 Å². The Bertz CT molecular complexity index is 374. The minimum atomic E-state index is -0.470. The summed E-state index contributed by atoms with van der Waals surface area (Å²) in [6.07, 6.45) is 4.65. The Morgan fingerprint density at radius 1 is 1.39 bits per heavy atom. The molecule has 0 N–H and O–H groups in total. The first-order valence-corrected chi connectivity index (χ1v) is 6.79. The SMILES string of the molecule is CC(C)(C)OC(=O)N1CCCCC1C1(C#N)CC1. The number of amides is 1. The highest BCUT2D eigenvalue weighted by atomic mass is 16.6. The molecule has 0 spiro atoms. The molecule has 0 aromatic carbocycles. The second kappa shape index (κ2) is 4.46. The molecular weight excluding hydrogens is 228 g/mol. The standard InChI is InChI=1S/C14H22N2O2/c1-13(2,3)18-12(17)16-9-5-4-6-11(16)14(10-15)7-8-14/h11H,4-9H2,1-3H3. The van der Waals surface area contributed by atoms with Crippen molar-refractivity contribution in [3.63, 3.8) is 0 Å². The maximum absolute atomic E-state index is 12.2. The largest absolute Gasteiger partial charge is 0.444 e. The van der Waals surface area contributed by atoms with Crippen LogP contribution in [-0.4, -0.2) is 29.2 Å². The minimum Gasteiger partial charge on any atom is -0.444 e. The molecule has 0 aromatic heterocycles. The first-order chi connectivity index (χ1) is 8.38. The molecule has 0 radical (unpaired) electrons. The molecule has 1 aliphatic carbocycles. The fourth-order valence-corrected chi connectivity index (χ4v) is 2.70. The molecule has 2 rings (SSSR count). The summed E-state index contributed by atoms with van der Waals surface area (Å²) in [6.45, 7) is 6.35. The Kier molecular flexibility index (Phi) is 3.27. The van der Waals surface area contributed by atoms with Gasteiger partial charge in [0.2, 0.25) is 0 Å². The fraction of sp³-hybridized carbons (Fsp3) is 0.857. The van der Waals surface area contributed by atoms with E-state index in [9.17, 15) is 10.1 Å². The van der Waals surface area contributed by atoms with E-state index in [1.54, 1.807) is 4.90 Å². The summed E-state index contributed by atoms with van der Waals surface area (Å²) in [4.78, 5) is 14.0. The van der Waals surface area contributed by atoms with Crippen LogP contribution in [0.1, 0.15) is 52.9 Å². The molecule has 0 bridgehead atoms. The number of nitrogens with zero attached hydrogens (tertiary/aromatic N) is 2. The van der Waals surface area contributed by atoms with Crippen molar-refractivity contribution in [2.45, 2.75) is 64.5 Å². The summed E-state index contributed by atoms with van der Waals surface area (Å²) in [5.41, 5.74) is -0.750. The normalized spacial score (nSPS) is 26.3. The van der Waals surface area contributed by atoms with Gasteiger partial charge in [0.15, 0.2) is 0 Å². The van der Waals surface area contributed by atoms with Crippen LogP contribution >= 0.6 is 0 Å². The van der Waals surface area contributed by atoms with Crippen molar-refractivity contribution in [3.8, 4) is 6.07 Å². The maximum atomic E-state index is 12.2. The molecule has 1 atom stereocenters. The topological polar surface area (TPSA) is 53.3 Å². The van der Waals surface area contributed by atoms with Crippen LogP contribution in [0.4, 0.5) is 4.79 Å². The molecule has 4 nitrogen and oxygen atoms in total. The summed E-state index contributed by atoms with van der Waals surface area (Å²) in [5, 5.41) is 9.31. The lowest BCUT2D eigenvalue weighted by atomic mass is 9.89. The monoisotopic (exact) mass is 250 g/mol. The predicted molar refractivity (Wildman–Crippen MR) is 67.9 cm³/mol. The lowest BCUT2D eigenvalue weighted by Gasteiger charge is -2.39. The van der Waals surface area contributed by atoms with Crippen molar-refractivity contribution in [2.24, 2.45) is 5.41 Å². The van der Waals surface area contributed by atoms with Crippen molar-refractivity contribution in [2.75, 3.05) is 6.54 Å². The first-order valence-electron chi connectivity index (χ1n) is 6.79. The lowest BCUT2D eigenvalue weighted by Crippen LogP contribution is -2.49. The van der Waals surface area contributed by atoms with Crippen LogP contribution < -0.4 is 0 Å². The number of rotatable bonds is 1. The smallest absolute Gasteiger partial charge is 0.410 e. The number of carbonyl (C=O) groups excluding carboxylic acids is 1. The maximum Gasteiger partial charge on any atom is 0.410 e. The third-order valence-corrected chi connectivity index (χ3v) is 3.78. The highest BCUT2D eigenvalue weighted by Gasteiger charge is 2.54. The van der Waals surface area contributed by atoms with Crippen molar-refractivity contribution < 1.29 is 9.53 Å². The van der Waals surface area contributed by atoms with Crippen LogP contribution in [0.2, 0.25) is 0 Å². The summed E-state index contributed by atoms with van der Waals surface area (Å²) in [5.74, 6) is 0. The number of nitriles is 1. The Labute approximate surface area is 109 Å². The molecule has 1 amide bonds. The van der Waals surface area contributed by atoms with E-state index in [4.69, 9.17) is 4.74 Å². The highest BCUT2D eigenvalue weighted by molar-refractivity contribution is 5.69. The second-order valence-electron chi connectivity index (χ2n) is 6.45. The summed E-state index contributed by atoms with van der Waals surface area (Å²) in [6, 6.07) is 2.48. The van der Waals surface area contributed by atoms with Gasteiger partial charge in [0.25, 0.3) is 0 Å². The van der Waals surface area contributed by atoms with E-state index in [2.05, 4.69) is 6.07 Å². The molecule has 4 heteroatoms. The molecule has 18 heavy (non-hydrogen) atoms. The fourth-order valence-electron chi connectivity index (χ4n) is 2.70. The Morgan fingerprint density at radius 2 is 2.06 bits per heavy atom. The van der Waals surface area contributed by atoms with Crippen molar-refractivity contribution in [1.82, 2.24) is 4.90 Å². The Balaban J connectivity index is 2.09. The molecule has 0 aromatic rings. The van der Waals surface area contributed by atoms with E-state index in [-0.39, 0.29) is 17.6 Å². The average molecular weight is 250 g/mol. The first kappa shape index (κ1) is 13.2. The van der Waals surface area contributed by atoms with E-state index in [0.717, 1.165) is 38.6 Å². The van der Waals surface area contributed by atoms with Crippen molar-refractivity contribution in [3.05, 3.63) is 0 Å². The quantitative estimate of drug-likeness (QED) is 0.718. The number of likely N-dealkylation sites (tertiary alicyclic amines) is 1. The summed E-state index contributed by atoms with van der Waals surface area (Å²) < 4.78 is 5.45. The Hall–Kier alpha value is -1.24. The zero-order valence-corrected chi connectivity index (χ0v) is 11.5. The van der Waals surface area contributed by atoms with Gasteiger partial charge in [-0.25, -0.2) is 4.79 Å². The van der Waals surface area contributed by atoms with E-state index in [1.165, 1.54) is 0 Å². The molecule has 1 heterocycles. The van der Waals surface area contributed by atoms with Crippen LogP contribution in [0.25, 0.3) is 0 Å². The Morgan fingerprint density at radius 3 is 2.56 bits per heavy atom. The molecule has 1 unspecified atom stereocenters.